The maximum absolute atomic E-state index is 12.6. The maximum atomic E-state index is 12.6. The maximum Gasteiger partial charge on any atom is 0.419 e. The molecule has 0 spiro atoms. The molecule has 1 saturated heterocycles. The molecule has 0 radical (unpaired) electrons. The molecule has 3 rings (SSSR count). The van der Waals surface area contributed by atoms with Gasteiger partial charge in [-0.25, -0.2) is 13.2 Å². The summed E-state index contributed by atoms with van der Waals surface area (Å²) in [7, 11) is -2.13. The zero-order chi connectivity index (χ0) is 15.2. The fourth-order valence-corrected chi connectivity index (χ4v) is 4.09. The Bertz CT molecular complexity index is 836. The molecular formula is C13H16N2O5S. The van der Waals surface area contributed by atoms with Gasteiger partial charge in [-0.1, -0.05) is 0 Å². The standard InChI is InChI=1S/C13H16N2O5S/c1-14-11-5-4-10(7-12(11)20-13(14)17)21(18,19)15-6-2-3-9(16)8-15/h4-5,7,9,16H,2-3,6,8H2,1H3. The molecule has 0 saturated carbocycles. The summed E-state index contributed by atoms with van der Waals surface area (Å²) in [6, 6.07) is 4.36. The molecule has 2 aromatic rings. The summed E-state index contributed by atoms with van der Waals surface area (Å²) >= 11 is 0. The average Bonchev–Trinajstić information content (AvgIpc) is 2.73. The van der Waals surface area contributed by atoms with Crippen molar-refractivity contribution < 1.29 is 17.9 Å². The van der Waals surface area contributed by atoms with E-state index < -0.39 is 21.9 Å². The van der Waals surface area contributed by atoms with Crippen LogP contribution in [0.1, 0.15) is 12.8 Å². The molecule has 1 aromatic carbocycles. The second kappa shape index (κ2) is 4.97. The van der Waals surface area contributed by atoms with Crippen molar-refractivity contribution in [3.63, 3.8) is 0 Å². The Morgan fingerprint density at radius 3 is 2.86 bits per heavy atom. The number of β-amino-alcohol motifs (C(OH)–C–C–N with tert-alkyl or cyclic N) is 1. The zero-order valence-corrected chi connectivity index (χ0v) is 12.3. The topological polar surface area (TPSA) is 92.8 Å². The monoisotopic (exact) mass is 312 g/mol. The van der Waals surface area contributed by atoms with Gasteiger partial charge in [-0.15, -0.1) is 0 Å². The van der Waals surface area contributed by atoms with Crippen LogP contribution < -0.4 is 5.76 Å². The number of fused-ring (bicyclic) bond motifs is 1. The van der Waals surface area contributed by atoms with Crippen molar-refractivity contribution in [1.29, 1.82) is 0 Å². The minimum atomic E-state index is -3.69. The lowest BCUT2D eigenvalue weighted by Gasteiger charge is -2.29. The van der Waals surface area contributed by atoms with Gasteiger partial charge in [0.2, 0.25) is 10.0 Å². The number of benzene rings is 1. The number of oxazole rings is 1. The molecule has 1 atom stereocenters. The molecule has 0 bridgehead atoms. The molecule has 7 nitrogen and oxygen atoms in total. The summed E-state index contributed by atoms with van der Waals surface area (Å²) in [5, 5.41) is 9.63. The molecule has 2 heterocycles. The Balaban J connectivity index is 2.04. The van der Waals surface area contributed by atoms with Crippen LogP contribution in [-0.4, -0.2) is 41.6 Å². The van der Waals surface area contributed by atoms with E-state index in [9.17, 15) is 18.3 Å². The lowest BCUT2D eigenvalue weighted by molar-refractivity contribution is 0.108. The molecule has 1 aliphatic heterocycles. The summed E-state index contributed by atoms with van der Waals surface area (Å²) in [4.78, 5) is 11.5. The van der Waals surface area contributed by atoms with Crippen LogP contribution in [0.25, 0.3) is 11.1 Å². The van der Waals surface area contributed by atoms with Crippen LogP contribution in [-0.2, 0) is 17.1 Å². The van der Waals surface area contributed by atoms with Crippen molar-refractivity contribution in [2.24, 2.45) is 7.05 Å². The van der Waals surface area contributed by atoms with Crippen molar-refractivity contribution in [3.8, 4) is 0 Å². The van der Waals surface area contributed by atoms with Gasteiger partial charge in [0.15, 0.2) is 5.58 Å². The predicted octanol–water partition coefficient (Wildman–Crippen LogP) is 0.277. The van der Waals surface area contributed by atoms with Gasteiger partial charge in [0, 0.05) is 26.2 Å². The van der Waals surface area contributed by atoms with E-state index in [0.717, 1.165) is 0 Å². The van der Waals surface area contributed by atoms with Crippen molar-refractivity contribution >= 4 is 21.1 Å². The second-order valence-corrected chi connectivity index (χ2v) is 7.15. The number of rotatable bonds is 2. The van der Waals surface area contributed by atoms with E-state index in [1.807, 2.05) is 0 Å². The van der Waals surface area contributed by atoms with Crippen LogP contribution in [0, 0.1) is 0 Å². The number of aliphatic hydroxyl groups excluding tert-OH is 1. The van der Waals surface area contributed by atoms with Gasteiger partial charge in [0.05, 0.1) is 16.5 Å². The van der Waals surface area contributed by atoms with Gasteiger partial charge in [-0.05, 0) is 25.0 Å². The number of hydrogen-bond donors (Lipinski definition) is 1. The van der Waals surface area contributed by atoms with Gasteiger partial charge in [0.1, 0.15) is 0 Å². The first-order chi connectivity index (χ1) is 9.89. The highest BCUT2D eigenvalue weighted by molar-refractivity contribution is 7.89. The second-order valence-electron chi connectivity index (χ2n) is 5.22. The SMILES string of the molecule is Cn1c(=O)oc2cc(S(=O)(=O)N3CCCC(O)C3)ccc21. The first-order valence-corrected chi connectivity index (χ1v) is 8.11. The lowest BCUT2D eigenvalue weighted by Crippen LogP contribution is -2.42. The highest BCUT2D eigenvalue weighted by Crippen LogP contribution is 2.23. The van der Waals surface area contributed by atoms with Crippen molar-refractivity contribution in [3.05, 3.63) is 28.7 Å². The molecule has 1 unspecified atom stereocenters. The first-order valence-electron chi connectivity index (χ1n) is 6.67. The fraction of sp³-hybridized carbons (Fsp3) is 0.462. The van der Waals surface area contributed by atoms with E-state index in [4.69, 9.17) is 4.42 Å². The molecule has 1 aliphatic rings. The third-order valence-corrected chi connectivity index (χ3v) is 5.62. The van der Waals surface area contributed by atoms with E-state index >= 15 is 0 Å². The quantitative estimate of drug-likeness (QED) is 0.859. The van der Waals surface area contributed by atoms with Gasteiger partial charge in [0.25, 0.3) is 0 Å². The third kappa shape index (κ3) is 2.39. The fourth-order valence-electron chi connectivity index (χ4n) is 2.56. The summed E-state index contributed by atoms with van der Waals surface area (Å²) in [5.41, 5.74) is 0.777. The van der Waals surface area contributed by atoms with Crippen LogP contribution >= 0.6 is 0 Å². The highest BCUT2D eigenvalue weighted by atomic mass is 32.2. The zero-order valence-electron chi connectivity index (χ0n) is 11.5. The number of sulfonamides is 1. The molecule has 1 N–H and O–H groups in total. The van der Waals surface area contributed by atoms with Gasteiger partial charge in [-0.3, -0.25) is 4.57 Å². The van der Waals surface area contributed by atoms with Gasteiger partial charge < -0.3 is 9.52 Å². The molecule has 1 aromatic heterocycles. The number of aryl methyl sites for hydroxylation is 1. The minimum absolute atomic E-state index is 0.0680. The van der Waals surface area contributed by atoms with Crippen LogP contribution in [0.4, 0.5) is 0 Å². The Kier molecular flexibility index (Phi) is 3.39. The summed E-state index contributed by atoms with van der Waals surface area (Å²) in [6.45, 7) is 0.481. The molecule has 114 valence electrons. The molecule has 0 aliphatic carbocycles. The van der Waals surface area contributed by atoms with E-state index in [1.54, 1.807) is 13.1 Å². The summed E-state index contributed by atoms with van der Waals surface area (Å²) in [5.74, 6) is -0.534. The van der Waals surface area contributed by atoms with E-state index in [-0.39, 0.29) is 17.0 Å². The lowest BCUT2D eigenvalue weighted by atomic mass is 10.1. The van der Waals surface area contributed by atoms with Gasteiger partial charge in [-0.2, -0.15) is 4.31 Å². The normalized spacial score (nSPS) is 21.0. The van der Waals surface area contributed by atoms with Crippen LogP contribution in [0.3, 0.4) is 0 Å². The Morgan fingerprint density at radius 1 is 1.38 bits per heavy atom. The molecule has 21 heavy (non-hydrogen) atoms. The van der Waals surface area contributed by atoms with E-state index in [0.29, 0.717) is 24.9 Å². The van der Waals surface area contributed by atoms with Crippen molar-refractivity contribution in [1.82, 2.24) is 8.87 Å². The predicted molar refractivity (Wildman–Crippen MR) is 75.5 cm³/mol. The first kappa shape index (κ1) is 14.3. The Hall–Kier alpha value is -1.64. The number of aliphatic hydroxyl groups is 1. The van der Waals surface area contributed by atoms with E-state index in [2.05, 4.69) is 0 Å². The average molecular weight is 312 g/mol. The number of piperidine rings is 1. The third-order valence-electron chi connectivity index (χ3n) is 3.76. The molecule has 0 amide bonds. The van der Waals surface area contributed by atoms with E-state index in [1.165, 1.54) is 21.0 Å². The number of hydrogen-bond acceptors (Lipinski definition) is 5. The Morgan fingerprint density at radius 2 is 2.14 bits per heavy atom. The number of nitrogens with zero attached hydrogens (tertiary/aromatic N) is 2. The van der Waals surface area contributed by atoms with Crippen LogP contribution in [0.15, 0.2) is 32.3 Å². The molecule has 1 fully saturated rings. The van der Waals surface area contributed by atoms with Gasteiger partial charge >= 0.3 is 5.76 Å². The Labute approximate surface area is 121 Å². The van der Waals surface area contributed by atoms with Crippen LogP contribution in [0.5, 0.6) is 0 Å². The minimum Gasteiger partial charge on any atom is -0.408 e. The van der Waals surface area contributed by atoms with Crippen molar-refractivity contribution in [2.45, 2.75) is 23.8 Å². The summed E-state index contributed by atoms with van der Waals surface area (Å²) in [6.07, 6.45) is 0.605. The van der Waals surface area contributed by atoms with Crippen LogP contribution in [0.2, 0.25) is 0 Å². The smallest absolute Gasteiger partial charge is 0.408 e. The molecular weight excluding hydrogens is 296 g/mol. The van der Waals surface area contributed by atoms with Crippen molar-refractivity contribution in [2.75, 3.05) is 13.1 Å². The number of aromatic nitrogens is 1. The summed E-state index contributed by atoms with van der Waals surface area (Å²) < 4.78 is 32.7. The largest absolute Gasteiger partial charge is 0.419 e. The highest BCUT2D eigenvalue weighted by Gasteiger charge is 2.29. The molecule has 8 heteroatoms.